The Balaban J connectivity index is 1.84. The van der Waals surface area contributed by atoms with E-state index in [0.717, 1.165) is 32.4 Å². The Kier molecular flexibility index (Phi) is 3.14. The molecule has 1 atom stereocenters. The van der Waals surface area contributed by atoms with Crippen molar-refractivity contribution in [3.8, 4) is 0 Å². The fraction of sp³-hybridized carbons (Fsp3) is 0.571. The quantitative estimate of drug-likeness (QED) is 0.840. The van der Waals surface area contributed by atoms with Gasteiger partial charge in [-0.1, -0.05) is 0 Å². The summed E-state index contributed by atoms with van der Waals surface area (Å²) in [4.78, 5) is 24.1. The normalized spacial score (nSPS) is 22.4. The number of carbonyl (C=O) groups is 2. The second-order valence-corrected chi connectivity index (χ2v) is 5.29. The van der Waals surface area contributed by atoms with Gasteiger partial charge in [0.05, 0.1) is 5.56 Å². The fourth-order valence-electron chi connectivity index (χ4n) is 2.89. The molecule has 1 aromatic rings. The first-order valence-electron chi connectivity index (χ1n) is 6.84. The molecule has 0 saturated carbocycles. The van der Waals surface area contributed by atoms with Gasteiger partial charge in [0.1, 0.15) is 5.76 Å². The van der Waals surface area contributed by atoms with Gasteiger partial charge in [-0.15, -0.1) is 0 Å². The molecule has 2 heterocycles. The molecule has 19 heavy (non-hydrogen) atoms. The van der Waals surface area contributed by atoms with E-state index in [1.54, 1.807) is 6.92 Å². The number of fused-ring (bicyclic) bond motifs is 1. The molecule has 0 spiro atoms. The largest absolute Gasteiger partial charge is 0.455 e. The van der Waals surface area contributed by atoms with Crippen LogP contribution in [0, 0.1) is 6.92 Å². The molecule has 0 bridgehead atoms. The van der Waals surface area contributed by atoms with Crippen molar-refractivity contribution in [3.63, 3.8) is 0 Å². The highest BCUT2D eigenvalue weighted by Gasteiger charge is 2.29. The molecule has 2 aliphatic rings. The zero-order chi connectivity index (χ0) is 13.4. The summed E-state index contributed by atoms with van der Waals surface area (Å²) in [5.41, 5.74) is 1.34. The summed E-state index contributed by atoms with van der Waals surface area (Å²) in [6.45, 7) is 3.52. The van der Waals surface area contributed by atoms with Crippen LogP contribution < -0.4 is 10.6 Å². The predicted octanol–water partition coefficient (Wildman–Crippen LogP) is 1.20. The predicted molar refractivity (Wildman–Crippen MR) is 69.5 cm³/mol. The number of hydrogen-bond donors (Lipinski definition) is 2. The van der Waals surface area contributed by atoms with E-state index in [9.17, 15) is 9.59 Å². The van der Waals surface area contributed by atoms with E-state index < -0.39 is 0 Å². The van der Waals surface area contributed by atoms with Gasteiger partial charge in [-0.25, -0.2) is 0 Å². The molecule has 1 amide bonds. The van der Waals surface area contributed by atoms with Gasteiger partial charge >= 0.3 is 0 Å². The molecule has 2 N–H and O–H groups in total. The molecule has 1 aromatic heterocycles. The van der Waals surface area contributed by atoms with Gasteiger partial charge in [-0.3, -0.25) is 9.59 Å². The maximum absolute atomic E-state index is 12.2. The number of amides is 1. The van der Waals surface area contributed by atoms with E-state index in [-0.39, 0.29) is 17.7 Å². The number of ketones is 1. The molecule has 1 aliphatic carbocycles. The summed E-state index contributed by atoms with van der Waals surface area (Å²) in [6.07, 6.45) is 3.05. The summed E-state index contributed by atoms with van der Waals surface area (Å²) < 4.78 is 5.63. The molecule has 1 unspecified atom stereocenters. The minimum absolute atomic E-state index is 0.101. The minimum Gasteiger partial charge on any atom is -0.455 e. The highest BCUT2D eigenvalue weighted by Crippen LogP contribution is 2.29. The lowest BCUT2D eigenvalue weighted by Crippen LogP contribution is -2.36. The molecule has 1 saturated heterocycles. The highest BCUT2D eigenvalue weighted by atomic mass is 16.4. The lowest BCUT2D eigenvalue weighted by molar-refractivity contribution is 0.0906. The SMILES string of the molecule is Cc1c(C(=O)NC2CCNC2)oc2c1C(=O)CCC2. The second-order valence-electron chi connectivity index (χ2n) is 5.29. The summed E-state index contributed by atoms with van der Waals surface area (Å²) >= 11 is 0. The summed E-state index contributed by atoms with van der Waals surface area (Å²) in [6, 6.07) is 0.157. The van der Waals surface area contributed by atoms with Crippen LogP contribution >= 0.6 is 0 Å². The van der Waals surface area contributed by atoms with Gasteiger partial charge in [0, 0.05) is 31.0 Å². The van der Waals surface area contributed by atoms with Crippen LogP contribution in [0.5, 0.6) is 0 Å². The van der Waals surface area contributed by atoms with Crippen LogP contribution in [0.2, 0.25) is 0 Å². The average molecular weight is 262 g/mol. The molecule has 0 aromatic carbocycles. The first-order chi connectivity index (χ1) is 9.16. The van der Waals surface area contributed by atoms with E-state index in [2.05, 4.69) is 10.6 Å². The number of aryl methyl sites for hydroxylation is 1. The molecule has 3 rings (SSSR count). The van der Waals surface area contributed by atoms with Crippen LogP contribution in [0.3, 0.4) is 0 Å². The smallest absolute Gasteiger partial charge is 0.287 e. The zero-order valence-corrected chi connectivity index (χ0v) is 11.0. The van der Waals surface area contributed by atoms with Crippen molar-refractivity contribution in [1.29, 1.82) is 0 Å². The van der Waals surface area contributed by atoms with Gasteiger partial charge in [0.25, 0.3) is 5.91 Å². The van der Waals surface area contributed by atoms with Crippen LogP contribution in [0.25, 0.3) is 0 Å². The zero-order valence-electron chi connectivity index (χ0n) is 11.0. The van der Waals surface area contributed by atoms with Crippen molar-refractivity contribution < 1.29 is 14.0 Å². The van der Waals surface area contributed by atoms with Crippen molar-refractivity contribution in [3.05, 3.63) is 22.6 Å². The molecule has 102 valence electrons. The van der Waals surface area contributed by atoms with Crippen molar-refractivity contribution in [2.45, 2.75) is 38.6 Å². The Labute approximate surface area is 111 Å². The Morgan fingerprint density at radius 1 is 1.42 bits per heavy atom. The number of hydrogen-bond acceptors (Lipinski definition) is 4. The van der Waals surface area contributed by atoms with E-state index in [1.807, 2.05) is 0 Å². The molecule has 1 fully saturated rings. The third-order valence-electron chi connectivity index (χ3n) is 3.91. The summed E-state index contributed by atoms with van der Waals surface area (Å²) in [7, 11) is 0. The Hall–Kier alpha value is -1.62. The fourth-order valence-corrected chi connectivity index (χ4v) is 2.89. The molecular formula is C14H18N2O3. The Morgan fingerprint density at radius 2 is 2.26 bits per heavy atom. The monoisotopic (exact) mass is 262 g/mol. The van der Waals surface area contributed by atoms with Crippen molar-refractivity contribution in [2.75, 3.05) is 13.1 Å². The van der Waals surface area contributed by atoms with Crippen LogP contribution in [0.4, 0.5) is 0 Å². The second kappa shape index (κ2) is 4.81. The van der Waals surface area contributed by atoms with Crippen molar-refractivity contribution in [1.82, 2.24) is 10.6 Å². The Bertz CT molecular complexity index is 527. The van der Waals surface area contributed by atoms with Gasteiger partial charge in [0.2, 0.25) is 0 Å². The standard InChI is InChI=1S/C14H18N2O3/c1-8-12-10(17)3-2-4-11(12)19-13(8)14(18)16-9-5-6-15-7-9/h9,15H,2-7H2,1H3,(H,16,18). The Morgan fingerprint density at radius 3 is 2.95 bits per heavy atom. The number of nitrogens with one attached hydrogen (secondary N) is 2. The first-order valence-corrected chi connectivity index (χ1v) is 6.84. The third-order valence-corrected chi connectivity index (χ3v) is 3.91. The minimum atomic E-state index is -0.201. The topological polar surface area (TPSA) is 71.3 Å². The van der Waals surface area contributed by atoms with Gasteiger partial charge < -0.3 is 15.1 Å². The third kappa shape index (κ3) is 2.18. The van der Waals surface area contributed by atoms with E-state index in [1.165, 1.54) is 0 Å². The van der Waals surface area contributed by atoms with Gasteiger partial charge in [-0.2, -0.15) is 0 Å². The first kappa shape index (κ1) is 12.4. The maximum Gasteiger partial charge on any atom is 0.287 e. The van der Waals surface area contributed by atoms with Gasteiger partial charge in [0.15, 0.2) is 11.5 Å². The molecule has 0 radical (unpaired) electrons. The van der Waals surface area contributed by atoms with Crippen LogP contribution in [0.15, 0.2) is 4.42 Å². The number of Topliss-reactive ketones (excluding diaryl/α,β-unsaturated/α-hetero) is 1. The van der Waals surface area contributed by atoms with E-state index >= 15 is 0 Å². The van der Waals surface area contributed by atoms with Crippen molar-refractivity contribution >= 4 is 11.7 Å². The van der Waals surface area contributed by atoms with Crippen LogP contribution in [0.1, 0.15) is 51.5 Å². The summed E-state index contributed by atoms with van der Waals surface area (Å²) in [5.74, 6) is 0.896. The highest BCUT2D eigenvalue weighted by molar-refractivity contribution is 6.03. The van der Waals surface area contributed by atoms with E-state index in [4.69, 9.17) is 4.42 Å². The maximum atomic E-state index is 12.2. The van der Waals surface area contributed by atoms with E-state index in [0.29, 0.717) is 29.1 Å². The van der Waals surface area contributed by atoms with Crippen LogP contribution in [-0.4, -0.2) is 30.8 Å². The summed E-state index contributed by atoms with van der Waals surface area (Å²) in [5, 5.41) is 6.15. The van der Waals surface area contributed by atoms with Crippen molar-refractivity contribution in [2.24, 2.45) is 0 Å². The lowest BCUT2D eigenvalue weighted by Gasteiger charge is -2.09. The average Bonchev–Trinajstić information content (AvgIpc) is 2.98. The molecule has 5 nitrogen and oxygen atoms in total. The number of furan rings is 1. The molecule has 1 aliphatic heterocycles. The van der Waals surface area contributed by atoms with Crippen LogP contribution in [-0.2, 0) is 6.42 Å². The lowest BCUT2D eigenvalue weighted by atomic mass is 9.94. The number of carbonyl (C=O) groups excluding carboxylic acids is 2. The molecule has 5 heteroatoms. The van der Waals surface area contributed by atoms with Gasteiger partial charge in [-0.05, 0) is 26.3 Å². The molecular weight excluding hydrogens is 244 g/mol. The number of rotatable bonds is 2.